The van der Waals surface area contributed by atoms with Crippen molar-refractivity contribution in [2.75, 3.05) is 43.1 Å². The number of ether oxygens (including phenoxy) is 2. The Kier molecular flexibility index (Phi) is 13.3. The monoisotopic (exact) mass is 916 g/mol. The molecule has 0 aliphatic carbocycles. The van der Waals surface area contributed by atoms with Crippen molar-refractivity contribution in [3.63, 3.8) is 0 Å². The number of carbonyl (C=O) groups excluding carboxylic acids is 4. The maximum atomic E-state index is 13.9. The minimum absolute atomic E-state index is 0.0224. The molecule has 0 radical (unpaired) electrons. The van der Waals surface area contributed by atoms with Gasteiger partial charge in [-0.15, -0.1) is 0 Å². The molecule has 5 aromatic rings. The Morgan fingerprint density at radius 2 is 1.33 bits per heavy atom. The lowest BCUT2D eigenvalue weighted by molar-refractivity contribution is -0.144. The minimum atomic E-state index is -0.951. The smallest absolute Gasteiger partial charge is 0.407 e. The number of piperidine rings is 1. The van der Waals surface area contributed by atoms with Crippen LogP contribution in [-0.2, 0) is 19.1 Å². The van der Waals surface area contributed by atoms with Gasteiger partial charge in [0, 0.05) is 32.1 Å². The van der Waals surface area contributed by atoms with Crippen LogP contribution in [0.25, 0.3) is 22.1 Å². The van der Waals surface area contributed by atoms with Crippen molar-refractivity contribution in [1.82, 2.24) is 40.0 Å². The molecule has 356 valence electrons. The molecule has 7 heterocycles. The van der Waals surface area contributed by atoms with Gasteiger partial charge in [0.15, 0.2) is 6.10 Å². The van der Waals surface area contributed by atoms with E-state index in [0.29, 0.717) is 25.3 Å². The van der Waals surface area contributed by atoms with Gasteiger partial charge in [0.1, 0.15) is 23.5 Å². The van der Waals surface area contributed by atoms with E-state index < -0.39 is 24.3 Å². The molecule has 0 saturated carbocycles. The van der Waals surface area contributed by atoms with E-state index in [9.17, 15) is 19.2 Å². The number of nitrogens with one attached hydrogen (secondary N) is 3. The fourth-order valence-electron chi connectivity index (χ4n) is 10.9. The maximum absolute atomic E-state index is 13.9. The lowest BCUT2D eigenvalue weighted by atomic mass is 10.00. The molecule has 9 rings (SSSR count). The van der Waals surface area contributed by atoms with Gasteiger partial charge >= 0.3 is 12.2 Å². The second-order valence-corrected chi connectivity index (χ2v) is 19.2. The number of anilines is 2. The third-order valence-corrected chi connectivity index (χ3v) is 14.7. The first kappa shape index (κ1) is 45.8. The topological polar surface area (TPSA) is 208 Å². The van der Waals surface area contributed by atoms with E-state index in [-0.39, 0.29) is 47.8 Å². The summed E-state index contributed by atoms with van der Waals surface area (Å²) in [5, 5.41) is 2.74. The van der Waals surface area contributed by atoms with Crippen LogP contribution in [0.4, 0.5) is 21.1 Å². The Morgan fingerprint density at radius 3 is 1.84 bits per heavy atom. The molecule has 1 unspecified atom stereocenters. The molecular formula is C50H65N11O6. The number of aromatic nitrogens is 5. The zero-order valence-electron chi connectivity index (χ0n) is 39.4. The van der Waals surface area contributed by atoms with E-state index in [2.05, 4.69) is 73.6 Å². The zero-order valence-corrected chi connectivity index (χ0v) is 39.4. The van der Waals surface area contributed by atoms with Gasteiger partial charge in [0.2, 0.25) is 5.91 Å². The number of primary amides is 1. The van der Waals surface area contributed by atoms with Crippen LogP contribution >= 0.6 is 0 Å². The number of rotatable bonds is 13. The van der Waals surface area contributed by atoms with Crippen LogP contribution in [-0.4, -0.2) is 104 Å². The predicted octanol–water partition coefficient (Wildman–Crippen LogP) is 8.12. The van der Waals surface area contributed by atoms with Crippen LogP contribution in [0.2, 0.25) is 0 Å². The van der Waals surface area contributed by atoms with Crippen LogP contribution in [0.1, 0.15) is 139 Å². The Bertz CT molecular complexity index is 2590. The van der Waals surface area contributed by atoms with E-state index in [1.165, 1.54) is 26.4 Å². The van der Waals surface area contributed by atoms with Crippen LogP contribution in [0, 0.1) is 11.8 Å². The fraction of sp³-hybridized carbons (Fsp3) is 0.540. The number of alkyl carbamates (subject to hydrolysis) is 1. The third kappa shape index (κ3) is 9.20. The number of pyridine rings is 1. The molecule has 0 spiro atoms. The van der Waals surface area contributed by atoms with Crippen molar-refractivity contribution in [3.8, 4) is 0 Å². The summed E-state index contributed by atoms with van der Waals surface area (Å²) < 4.78 is 10.2. The normalized spacial score (nSPS) is 22.4. The van der Waals surface area contributed by atoms with Gasteiger partial charge in [0.05, 0.1) is 65.2 Å². The highest BCUT2D eigenvalue weighted by molar-refractivity contribution is 5.87. The number of amides is 4. The van der Waals surface area contributed by atoms with E-state index >= 15 is 0 Å². The molecule has 17 nitrogen and oxygen atoms in total. The van der Waals surface area contributed by atoms with Crippen molar-refractivity contribution < 1.29 is 28.7 Å². The molecule has 5 N–H and O–H groups in total. The number of likely N-dealkylation sites (tertiary alicyclic amines) is 2. The number of nitrogens with zero attached hydrogens (tertiary/aromatic N) is 7. The molecule has 4 fully saturated rings. The number of methoxy groups -OCH3 is 1. The summed E-state index contributed by atoms with van der Waals surface area (Å²) in [6, 6.07) is 16.1. The van der Waals surface area contributed by atoms with Gasteiger partial charge < -0.3 is 50.1 Å². The summed E-state index contributed by atoms with van der Waals surface area (Å²) >= 11 is 0. The van der Waals surface area contributed by atoms with Crippen molar-refractivity contribution >= 4 is 57.6 Å². The number of H-pyrrole nitrogens is 2. The first-order chi connectivity index (χ1) is 32.4. The van der Waals surface area contributed by atoms with Crippen molar-refractivity contribution in [2.24, 2.45) is 17.6 Å². The predicted molar refractivity (Wildman–Crippen MR) is 255 cm³/mol. The maximum Gasteiger partial charge on any atom is 0.407 e. The van der Waals surface area contributed by atoms with Gasteiger partial charge in [0.25, 0.3) is 5.91 Å². The zero-order chi connectivity index (χ0) is 46.9. The average molecular weight is 916 g/mol. The third-order valence-electron chi connectivity index (χ3n) is 14.7. The Hall–Kier alpha value is -6.39. The molecular weight excluding hydrogens is 851 g/mol. The Labute approximate surface area is 391 Å². The quantitative estimate of drug-likeness (QED) is 0.0887. The second kappa shape index (κ2) is 19.4. The molecule has 7 atom stereocenters. The average Bonchev–Trinajstić information content (AvgIpc) is 4.20. The number of imidazole rings is 2. The highest BCUT2D eigenvalue weighted by Gasteiger charge is 2.41. The van der Waals surface area contributed by atoms with Crippen molar-refractivity contribution in [3.05, 3.63) is 77.5 Å². The van der Waals surface area contributed by atoms with Gasteiger partial charge in [-0.05, 0) is 118 Å². The Morgan fingerprint density at radius 1 is 0.746 bits per heavy atom. The lowest BCUT2D eigenvalue weighted by Crippen LogP contribution is -2.51. The van der Waals surface area contributed by atoms with Gasteiger partial charge in [-0.1, -0.05) is 39.8 Å². The molecule has 4 aliphatic heterocycles. The largest absolute Gasteiger partial charge is 0.453 e. The van der Waals surface area contributed by atoms with Gasteiger partial charge in [-0.3, -0.25) is 9.59 Å². The number of benzene rings is 2. The number of hydrogen-bond acceptors (Lipinski definition) is 11. The number of nitrogens with two attached hydrogens (primary N) is 1. The molecule has 3 aromatic heterocycles. The van der Waals surface area contributed by atoms with E-state index in [1.54, 1.807) is 4.90 Å². The number of aromatic amines is 2. The summed E-state index contributed by atoms with van der Waals surface area (Å²) in [6.07, 6.45) is 8.71. The van der Waals surface area contributed by atoms with Gasteiger partial charge in [-0.25, -0.2) is 24.5 Å². The van der Waals surface area contributed by atoms with Gasteiger partial charge in [-0.2, -0.15) is 0 Å². The van der Waals surface area contributed by atoms with Crippen molar-refractivity contribution in [2.45, 2.75) is 128 Å². The highest BCUT2D eigenvalue weighted by atomic mass is 16.6. The molecule has 2 aromatic carbocycles. The number of hydrogen-bond donors (Lipinski definition) is 4. The molecule has 17 heteroatoms. The first-order valence-electron chi connectivity index (χ1n) is 24.3. The molecule has 4 aliphatic rings. The number of carbonyl (C=O) groups is 4. The lowest BCUT2D eigenvalue weighted by Gasteiger charge is -2.34. The standard InChI is InChI=1S/C50H65N11O6/c1-6-30(4)44(67-49(51)64)48(63)60-25-11-13-41(60)46-54-35-18-15-32(27-37(35)56-46)39-20-19-38(61(39)33-16-21-42(52-28-33)58-22-8-7-9-23-58)31-14-17-34-36(26-31)55-45(53-34)40-12-10-24-59(40)47(62)43(29(2)3)57-50(65)66-5/h14-18,21,26-30,38-41,43-44H,6-13,19-20,22-25H2,1-5H3,(H2,51,64)(H,53,55)(H,54,56)(H,57,65)/t30?,38-,39-,40-,41-,43-,44-/m0/s1. The van der Waals surface area contributed by atoms with Crippen LogP contribution in [0.3, 0.4) is 0 Å². The van der Waals surface area contributed by atoms with Crippen LogP contribution in [0.5, 0.6) is 0 Å². The minimum Gasteiger partial charge on any atom is -0.453 e. The highest BCUT2D eigenvalue weighted by Crippen LogP contribution is 2.48. The summed E-state index contributed by atoms with van der Waals surface area (Å²) in [5.74, 6) is 1.77. The van der Waals surface area contributed by atoms with E-state index in [0.717, 1.165) is 102 Å². The van der Waals surface area contributed by atoms with Crippen LogP contribution < -0.4 is 20.9 Å². The molecule has 0 bridgehead atoms. The molecule has 4 saturated heterocycles. The second-order valence-electron chi connectivity index (χ2n) is 19.2. The van der Waals surface area contributed by atoms with Crippen molar-refractivity contribution in [1.29, 1.82) is 0 Å². The van der Waals surface area contributed by atoms with E-state index in [1.807, 2.05) is 38.8 Å². The fourth-order valence-corrected chi connectivity index (χ4v) is 10.9. The summed E-state index contributed by atoms with van der Waals surface area (Å²) in [7, 11) is 1.30. The first-order valence-corrected chi connectivity index (χ1v) is 24.3. The summed E-state index contributed by atoms with van der Waals surface area (Å²) in [5.41, 5.74) is 12.2. The summed E-state index contributed by atoms with van der Waals surface area (Å²) in [6.45, 7) is 10.8. The van der Waals surface area contributed by atoms with Crippen LogP contribution in [0.15, 0.2) is 54.7 Å². The molecule has 4 amide bonds. The summed E-state index contributed by atoms with van der Waals surface area (Å²) in [4.78, 5) is 82.6. The Balaban J connectivity index is 1.01. The van der Waals surface area contributed by atoms with E-state index in [4.69, 9.17) is 30.2 Å². The SMILES string of the molecule is CCC(C)[C@H](OC(N)=O)C(=O)N1CCC[C@H]1c1nc2ccc([C@@H]3CC[C@@H](c4ccc5nc([C@@H]6CCCN6C(=O)[C@@H](NC(=O)OC)C(C)C)[nH]c5c4)N3c3ccc(N4CCCCC4)nc3)cc2[nH]1. The molecule has 67 heavy (non-hydrogen) atoms. The number of fused-ring (bicyclic) bond motifs is 2.